The molecule has 142 valence electrons. The number of morpholine rings is 1. The zero-order chi connectivity index (χ0) is 19.5. The molecule has 2 aliphatic rings. The average molecular weight is 378 g/mol. The number of carbonyl (C=O) groups excluding carboxylic acids is 1. The van der Waals surface area contributed by atoms with E-state index in [1.165, 1.54) is 12.1 Å². The third-order valence-corrected chi connectivity index (χ3v) is 4.58. The quantitative estimate of drug-likeness (QED) is 0.503. The Labute approximate surface area is 161 Å². The van der Waals surface area contributed by atoms with Crippen LogP contribution in [0.1, 0.15) is 11.1 Å². The van der Waals surface area contributed by atoms with Crippen LogP contribution in [-0.2, 0) is 9.53 Å². The first-order valence-electron chi connectivity index (χ1n) is 8.90. The van der Waals surface area contributed by atoms with Gasteiger partial charge in [0.2, 0.25) is 0 Å². The predicted molar refractivity (Wildman–Crippen MR) is 104 cm³/mol. The summed E-state index contributed by atoms with van der Waals surface area (Å²) in [5, 5.41) is 14.1. The fraction of sp³-hybridized carbons (Fsp3) is 0.200. The Morgan fingerprint density at radius 3 is 2.61 bits per heavy atom. The van der Waals surface area contributed by atoms with Crippen LogP contribution in [-0.4, -0.2) is 47.7 Å². The zero-order valence-corrected chi connectivity index (χ0v) is 15.0. The van der Waals surface area contributed by atoms with Crippen molar-refractivity contribution in [1.29, 1.82) is 0 Å². The van der Waals surface area contributed by atoms with Crippen molar-refractivity contribution in [2.45, 2.75) is 0 Å². The molecule has 0 unspecified atom stereocenters. The van der Waals surface area contributed by atoms with Gasteiger partial charge in [0.1, 0.15) is 5.70 Å². The van der Waals surface area contributed by atoms with Crippen molar-refractivity contribution < 1.29 is 14.5 Å². The summed E-state index contributed by atoms with van der Waals surface area (Å²) in [6, 6.07) is 13.7. The van der Waals surface area contributed by atoms with Gasteiger partial charge in [-0.1, -0.05) is 30.3 Å². The molecule has 0 aromatic heterocycles. The van der Waals surface area contributed by atoms with E-state index in [1.807, 2.05) is 35.2 Å². The molecule has 0 spiro atoms. The Hall–Kier alpha value is -3.52. The van der Waals surface area contributed by atoms with Gasteiger partial charge in [-0.05, 0) is 6.07 Å². The number of aliphatic imine (C=N–C) groups is 1. The van der Waals surface area contributed by atoms with Gasteiger partial charge in [-0.3, -0.25) is 14.9 Å². The van der Waals surface area contributed by atoms with Crippen LogP contribution >= 0.6 is 0 Å². The number of nitrogens with zero attached hydrogens (tertiary/aromatic N) is 3. The van der Waals surface area contributed by atoms with Crippen LogP contribution in [0.3, 0.4) is 0 Å². The van der Waals surface area contributed by atoms with Gasteiger partial charge in [0.05, 0.1) is 29.5 Å². The molecule has 28 heavy (non-hydrogen) atoms. The third kappa shape index (κ3) is 3.63. The Morgan fingerprint density at radius 2 is 1.89 bits per heavy atom. The van der Waals surface area contributed by atoms with Gasteiger partial charge in [-0.2, -0.15) is 0 Å². The molecular weight excluding hydrogens is 360 g/mol. The molecular formula is C20H18N4O4. The molecule has 0 saturated carbocycles. The number of benzene rings is 2. The van der Waals surface area contributed by atoms with Gasteiger partial charge in [0, 0.05) is 42.5 Å². The molecule has 0 aliphatic carbocycles. The fourth-order valence-corrected chi connectivity index (χ4v) is 3.15. The van der Waals surface area contributed by atoms with Crippen LogP contribution in [0, 0.1) is 10.1 Å². The molecule has 0 radical (unpaired) electrons. The SMILES string of the molecule is O=C1Nc2ccc([N+](=O)[O-])cc2C(c2ccccc2)=NC1=CN1CCOCC1. The molecule has 8 heteroatoms. The third-order valence-electron chi connectivity index (χ3n) is 4.58. The van der Waals surface area contributed by atoms with Crippen molar-refractivity contribution in [2.75, 3.05) is 31.6 Å². The van der Waals surface area contributed by atoms with Crippen molar-refractivity contribution in [1.82, 2.24) is 4.90 Å². The molecule has 1 amide bonds. The summed E-state index contributed by atoms with van der Waals surface area (Å²) in [7, 11) is 0. The van der Waals surface area contributed by atoms with Crippen molar-refractivity contribution in [3.63, 3.8) is 0 Å². The number of ether oxygens (including phenoxy) is 1. The zero-order valence-electron chi connectivity index (χ0n) is 15.0. The summed E-state index contributed by atoms with van der Waals surface area (Å²) >= 11 is 0. The maximum Gasteiger partial charge on any atom is 0.275 e. The van der Waals surface area contributed by atoms with Gasteiger partial charge in [0.25, 0.3) is 11.6 Å². The van der Waals surface area contributed by atoms with E-state index in [0.717, 1.165) is 5.56 Å². The first-order chi connectivity index (χ1) is 13.6. The van der Waals surface area contributed by atoms with E-state index in [-0.39, 0.29) is 17.3 Å². The molecule has 1 fully saturated rings. The molecule has 1 N–H and O–H groups in total. The number of non-ortho nitro benzene ring substituents is 1. The molecule has 1 saturated heterocycles. The smallest absolute Gasteiger partial charge is 0.275 e. The van der Waals surface area contributed by atoms with E-state index in [4.69, 9.17) is 4.74 Å². The monoisotopic (exact) mass is 378 g/mol. The van der Waals surface area contributed by atoms with E-state index < -0.39 is 4.92 Å². The first-order valence-corrected chi connectivity index (χ1v) is 8.90. The maximum absolute atomic E-state index is 12.8. The maximum atomic E-state index is 12.8. The lowest BCUT2D eigenvalue weighted by molar-refractivity contribution is -0.384. The molecule has 2 aromatic carbocycles. The number of amides is 1. The molecule has 8 nitrogen and oxygen atoms in total. The van der Waals surface area contributed by atoms with E-state index in [9.17, 15) is 14.9 Å². The molecule has 0 bridgehead atoms. The lowest BCUT2D eigenvalue weighted by Crippen LogP contribution is -2.33. The van der Waals surface area contributed by atoms with E-state index in [0.29, 0.717) is 43.3 Å². The largest absolute Gasteiger partial charge is 0.378 e. The van der Waals surface area contributed by atoms with E-state index >= 15 is 0 Å². The summed E-state index contributed by atoms with van der Waals surface area (Å²) in [6.07, 6.45) is 1.72. The topological polar surface area (TPSA) is 97.1 Å². The highest BCUT2D eigenvalue weighted by Gasteiger charge is 2.24. The molecule has 2 aromatic rings. The van der Waals surface area contributed by atoms with Crippen molar-refractivity contribution >= 4 is 23.0 Å². The minimum absolute atomic E-state index is 0.0581. The molecule has 2 heterocycles. The lowest BCUT2D eigenvalue weighted by Gasteiger charge is -2.25. The normalized spacial score (nSPS) is 18.1. The lowest BCUT2D eigenvalue weighted by atomic mass is 10.00. The second-order valence-corrected chi connectivity index (χ2v) is 6.43. The number of nitro benzene ring substituents is 1. The predicted octanol–water partition coefficient (Wildman–Crippen LogP) is 2.56. The minimum Gasteiger partial charge on any atom is -0.378 e. The van der Waals surface area contributed by atoms with Crippen LogP contribution in [0.25, 0.3) is 0 Å². The second kappa shape index (κ2) is 7.61. The van der Waals surface area contributed by atoms with Gasteiger partial charge < -0.3 is 15.0 Å². The van der Waals surface area contributed by atoms with Gasteiger partial charge in [-0.25, -0.2) is 4.99 Å². The number of carbonyl (C=O) groups is 1. The number of nitrogens with one attached hydrogen (secondary N) is 1. The van der Waals surface area contributed by atoms with Crippen LogP contribution in [0.5, 0.6) is 0 Å². The summed E-state index contributed by atoms with van der Waals surface area (Å²) in [5.41, 5.74) is 2.48. The standard InChI is InChI=1S/C20H18N4O4/c25-20-18(13-23-8-10-28-11-9-23)21-19(14-4-2-1-3-5-14)16-12-15(24(26)27)6-7-17(16)22-20/h1-7,12-13H,8-11H2,(H,22,25). The number of fused-ring (bicyclic) bond motifs is 1. The average Bonchev–Trinajstić information content (AvgIpc) is 2.85. The van der Waals surface area contributed by atoms with Crippen LogP contribution < -0.4 is 5.32 Å². The number of benzodiazepines with no additional fused rings is 1. The number of rotatable bonds is 3. The van der Waals surface area contributed by atoms with Gasteiger partial charge >= 0.3 is 0 Å². The molecule has 0 atom stereocenters. The Balaban J connectivity index is 1.86. The van der Waals surface area contributed by atoms with Crippen LogP contribution in [0.2, 0.25) is 0 Å². The summed E-state index contributed by atoms with van der Waals surface area (Å²) < 4.78 is 5.35. The first kappa shape index (κ1) is 17.9. The highest BCUT2D eigenvalue weighted by molar-refractivity contribution is 6.22. The summed E-state index contributed by atoms with van der Waals surface area (Å²) in [6.45, 7) is 2.52. The second-order valence-electron chi connectivity index (χ2n) is 6.43. The number of hydrogen-bond donors (Lipinski definition) is 1. The fourth-order valence-electron chi connectivity index (χ4n) is 3.15. The van der Waals surface area contributed by atoms with Crippen molar-refractivity contribution in [3.05, 3.63) is 81.7 Å². The highest BCUT2D eigenvalue weighted by Crippen LogP contribution is 2.29. The van der Waals surface area contributed by atoms with E-state index in [1.54, 1.807) is 12.3 Å². The van der Waals surface area contributed by atoms with Crippen LogP contribution in [0.15, 0.2) is 65.4 Å². The Kier molecular flexibility index (Phi) is 4.86. The summed E-state index contributed by atoms with van der Waals surface area (Å²) in [5.74, 6) is -0.354. The summed E-state index contributed by atoms with van der Waals surface area (Å²) in [4.78, 5) is 30.2. The molecule has 2 aliphatic heterocycles. The minimum atomic E-state index is -0.458. The Morgan fingerprint density at radius 1 is 1.14 bits per heavy atom. The van der Waals surface area contributed by atoms with Crippen molar-refractivity contribution in [2.24, 2.45) is 4.99 Å². The van der Waals surface area contributed by atoms with Crippen LogP contribution in [0.4, 0.5) is 11.4 Å². The number of hydrogen-bond acceptors (Lipinski definition) is 6. The molecule has 4 rings (SSSR count). The number of nitro groups is 1. The highest BCUT2D eigenvalue weighted by atomic mass is 16.6. The Bertz CT molecular complexity index is 979. The van der Waals surface area contributed by atoms with Gasteiger partial charge in [-0.15, -0.1) is 0 Å². The van der Waals surface area contributed by atoms with Crippen molar-refractivity contribution in [3.8, 4) is 0 Å². The number of anilines is 1. The van der Waals surface area contributed by atoms with E-state index in [2.05, 4.69) is 10.3 Å². The van der Waals surface area contributed by atoms with Gasteiger partial charge in [0.15, 0.2) is 0 Å².